The van der Waals surface area contributed by atoms with Crippen molar-refractivity contribution in [3.05, 3.63) is 54.3 Å². The van der Waals surface area contributed by atoms with Crippen LogP contribution in [0, 0.1) is 5.82 Å². The van der Waals surface area contributed by atoms with Gasteiger partial charge in [-0.3, -0.25) is 4.79 Å². The maximum Gasteiger partial charge on any atom is 0.243 e. The van der Waals surface area contributed by atoms with Gasteiger partial charge < -0.3 is 10.1 Å². The molecule has 8 heteroatoms. The fraction of sp³-hybridized carbons (Fsp3) is 0.409. The minimum atomic E-state index is -3.89. The number of nitrogens with one attached hydrogen (secondary N) is 1. The lowest BCUT2D eigenvalue weighted by Gasteiger charge is -2.33. The normalized spacial score (nSPS) is 15.2. The molecule has 30 heavy (non-hydrogen) atoms. The summed E-state index contributed by atoms with van der Waals surface area (Å²) in [5.41, 5.74) is 0.294. The van der Waals surface area contributed by atoms with E-state index in [1.54, 1.807) is 18.2 Å². The summed E-state index contributed by atoms with van der Waals surface area (Å²) in [5.74, 6) is -0.385. The van der Waals surface area contributed by atoms with Crippen LogP contribution in [0.4, 0.5) is 10.1 Å². The highest BCUT2D eigenvalue weighted by atomic mass is 32.2. The van der Waals surface area contributed by atoms with Crippen LogP contribution < -0.4 is 10.1 Å². The molecule has 1 fully saturated rings. The largest absolute Gasteiger partial charge is 0.494 e. The number of halogens is 1. The molecule has 0 saturated heterocycles. The first kappa shape index (κ1) is 22.2. The van der Waals surface area contributed by atoms with Crippen LogP contribution >= 0.6 is 0 Å². The Morgan fingerprint density at radius 1 is 1.13 bits per heavy atom. The second-order valence-electron chi connectivity index (χ2n) is 7.31. The van der Waals surface area contributed by atoms with E-state index < -0.39 is 21.7 Å². The summed E-state index contributed by atoms with van der Waals surface area (Å²) in [6, 6.07) is 11.5. The summed E-state index contributed by atoms with van der Waals surface area (Å²) in [6.45, 7) is 2.02. The molecular weight excluding hydrogens is 407 g/mol. The van der Waals surface area contributed by atoms with Crippen LogP contribution in [0.15, 0.2) is 53.4 Å². The summed E-state index contributed by atoms with van der Waals surface area (Å²) < 4.78 is 46.9. The van der Waals surface area contributed by atoms with E-state index in [0.29, 0.717) is 30.9 Å². The van der Waals surface area contributed by atoms with Gasteiger partial charge in [0.2, 0.25) is 15.9 Å². The van der Waals surface area contributed by atoms with Crippen molar-refractivity contribution in [2.75, 3.05) is 18.5 Å². The number of anilines is 1. The SMILES string of the molecule is CCOc1ccc(S(=O)(=O)N(CC(=O)Nc2cccc(F)c2)C2CCCCC2)cc1. The quantitative estimate of drug-likeness (QED) is 0.676. The van der Waals surface area contributed by atoms with Gasteiger partial charge in [-0.15, -0.1) is 0 Å². The van der Waals surface area contributed by atoms with E-state index >= 15 is 0 Å². The molecule has 0 aliphatic heterocycles. The van der Waals surface area contributed by atoms with Gasteiger partial charge in [-0.25, -0.2) is 12.8 Å². The molecule has 0 atom stereocenters. The molecule has 0 heterocycles. The van der Waals surface area contributed by atoms with Gasteiger partial charge in [-0.2, -0.15) is 4.31 Å². The summed E-state index contributed by atoms with van der Waals surface area (Å²) in [4.78, 5) is 12.8. The number of ether oxygens (including phenoxy) is 1. The van der Waals surface area contributed by atoms with Crippen molar-refractivity contribution in [2.45, 2.75) is 50.0 Å². The fourth-order valence-electron chi connectivity index (χ4n) is 3.70. The van der Waals surface area contributed by atoms with E-state index in [1.165, 1.54) is 34.6 Å². The molecular formula is C22H27FN2O4S. The zero-order valence-corrected chi connectivity index (χ0v) is 17.8. The Morgan fingerprint density at radius 2 is 1.83 bits per heavy atom. The number of nitrogens with zero attached hydrogens (tertiary/aromatic N) is 1. The number of benzene rings is 2. The standard InChI is InChI=1S/C22H27FN2O4S/c1-2-29-20-11-13-21(14-12-20)30(27,28)25(19-9-4-3-5-10-19)16-22(26)24-18-8-6-7-17(23)15-18/h6-8,11-15,19H,2-5,9-10,16H2,1H3,(H,24,26). The highest BCUT2D eigenvalue weighted by Gasteiger charge is 2.34. The summed E-state index contributed by atoms with van der Waals surface area (Å²) >= 11 is 0. The van der Waals surface area contributed by atoms with Crippen LogP contribution in [-0.4, -0.2) is 37.8 Å². The Hall–Kier alpha value is -2.45. The Bertz CT molecular complexity index is 957. The van der Waals surface area contributed by atoms with Crippen LogP contribution in [0.5, 0.6) is 5.75 Å². The zero-order valence-electron chi connectivity index (χ0n) is 17.0. The van der Waals surface area contributed by atoms with Crippen molar-refractivity contribution in [1.82, 2.24) is 4.31 Å². The molecule has 3 rings (SSSR count). The van der Waals surface area contributed by atoms with Gasteiger partial charge in [0.1, 0.15) is 11.6 Å². The van der Waals surface area contributed by atoms with Gasteiger partial charge in [0.05, 0.1) is 18.0 Å². The molecule has 0 unspecified atom stereocenters. The van der Waals surface area contributed by atoms with E-state index in [9.17, 15) is 17.6 Å². The number of carbonyl (C=O) groups excluding carboxylic acids is 1. The lowest BCUT2D eigenvalue weighted by molar-refractivity contribution is -0.116. The van der Waals surface area contributed by atoms with Gasteiger partial charge in [-0.1, -0.05) is 25.3 Å². The first-order valence-electron chi connectivity index (χ1n) is 10.2. The Morgan fingerprint density at radius 3 is 2.47 bits per heavy atom. The summed E-state index contributed by atoms with van der Waals surface area (Å²) in [7, 11) is -3.89. The van der Waals surface area contributed by atoms with E-state index in [1.807, 2.05) is 6.92 Å². The minimum Gasteiger partial charge on any atom is -0.494 e. The van der Waals surface area contributed by atoms with Crippen LogP contribution in [0.2, 0.25) is 0 Å². The third-order valence-electron chi connectivity index (χ3n) is 5.13. The Kier molecular flexibility index (Phi) is 7.44. The number of carbonyl (C=O) groups is 1. The summed E-state index contributed by atoms with van der Waals surface area (Å²) in [6.07, 6.45) is 4.33. The van der Waals surface area contributed by atoms with Crippen LogP contribution in [0.3, 0.4) is 0 Å². The second-order valence-corrected chi connectivity index (χ2v) is 9.20. The van der Waals surface area contributed by atoms with Gasteiger partial charge >= 0.3 is 0 Å². The van der Waals surface area contributed by atoms with Gasteiger partial charge in [0.25, 0.3) is 0 Å². The van der Waals surface area contributed by atoms with Gasteiger partial charge in [-0.05, 0) is 62.2 Å². The highest BCUT2D eigenvalue weighted by Crippen LogP contribution is 2.28. The van der Waals surface area contributed by atoms with Gasteiger partial charge in [0.15, 0.2) is 0 Å². The van der Waals surface area contributed by atoms with Crippen molar-refractivity contribution < 1.29 is 22.3 Å². The third kappa shape index (κ3) is 5.58. The predicted octanol–water partition coefficient (Wildman–Crippen LogP) is 4.19. The molecule has 162 valence electrons. The Labute approximate surface area is 177 Å². The first-order valence-corrected chi connectivity index (χ1v) is 11.6. The molecule has 1 amide bonds. The van der Waals surface area contributed by atoms with Crippen LogP contribution in [-0.2, 0) is 14.8 Å². The van der Waals surface area contributed by atoms with E-state index in [2.05, 4.69) is 5.32 Å². The van der Waals surface area contributed by atoms with Crippen molar-refractivity contribution >= 4 is 21.6 Å². The molecule has 0 spiro atoms. The molecule has 1 saturated carbocycles. The van der Waals surface area contributed by atoms with Crippen molar-refractivity contribution in [2.24, 2.45) is 0 Å². The molecule has 1 N–H and O–H groups in total. The number of sulfonamides is 1. The smallest absolute Gasteiger partial charge is 0.243 e. The van der Waals surface area contributed by atoms with Crippen LogP contribution in [0.25, 0.3) is 0 Å². The van der Waals surface area contributed by atoms with Crippen LogP contribution in [0.1, 0.15) is 39.0 Å². The number of hydrogen-bond donors (Lipinski definition) is 1. The molecule has 6 nitrogen and oxygen atoms in total. The molecule has 1 aliphatic carbocycles. The summed E-state index contributed by atoms with van der Waals surface area (Å²) in [5, 5.41) is 2.60. The topological polar surface area (TPSA) is 75.7 Å². The molecule has 2 aromatic carbocycles. The number of hydrogen-bond acceptors (Lipinski definition) is 4. The van der Waals surface area contributed by atoms with E-state index in [4.69, 9.17) is 4.74 Å². The minimum absolute atomic E-state index is 0.120. The van der Waals surface area contributed by atoms with Gasteiger partial charge in [0, 0.05) is 11.7 Å². The predicted molar refractivity (Wildman–Crippen MR) is 113 cm³/mol. The molecule has 2 aromatic rings. The monoisotopic (exact) mass is 434 g/mol. The van der Waals surface area contributed by atoms with E-state index in [-0.39, 0.29) is 17.5 Å². The third-order valence-corrected chi connectivity index (χ3v) is 7.04. The first-order chi connectivity index (χ1) is 14.4. The second kappa shape index (κ2) is 10.0. The molecule has 0 aromatic heterocycles. The molecule has 0 bridgehead atoms. The lowest BCUT2D eigenvalue weighted by Crippen LogP contribution is -2.45. The highest BCUT2D eigenvalue weighted by molar-refractivity contribution is 7.89. The average Bonchev–Trinajstić information content (AvgIpc) is 2.73. The maximum atomic E-state index is 13.4. The zero-order chi connectivity index (χ0) is 21.6. The van der Waals surface area contributed by atoms with Crippen molar-refractivity contribution in [3.8, 4) is 5.75 Å². The Balaban J connectivity index is 1.83. The number of rotatable bonds is 8. The fourth-order valence-corrected chi connectivity index (χ4v) is 5.34. The molecule has 1 aliphatic rings. The number of amides is 1. The maximum absolute atomic E-state index is 13.4. The lowest BCUT2D eigenvalue weighted by atomic mass is 9.95. The van der Waals surface area contributed by atoms with E-state index in [0.717, 1.165) is 19.3 Å². The van der Waals surface area contributed by atoms with Crippen molar-refractivity contribution in [1.29, 1.82) is 0 Å². The van der Waals surface area contributed by atoms with Crippen molar-refractivity contribution in [3.63, 3.8) is 0 Å². The molecule has 0 radical (unpaired) electrons. The average molecular weight is 435 g/mol.